The molecule has 34 heavy (non-hydrogen) atoms. The zero-order valence-electron chi connectivity index (χ0n) is 19.5. The predicted molar refractivity (Wildman–Crippen MR) is 131 cm³/mol. The molecular weight excluding hydrogens is 474 g/mol. The maximum atomic E-state index is 13.4. The van der Waals surface area contributed by atoms with E-state index in [1.807, 2.05) is 33.9 Å². The molecule has 2 aromatic carbocycles. The molecule has 3 aromatic rings. The number of amides is 2. The van der Waals surface area contributed by atoms with Gasteiger partial charge in [0, 0.05) is 5.56 Å². The number of carbonyl (C=O) groups excluding carboxylic acids is 2. The van der Waals surface area contributed by atoms with Crippen LogP contribution in [0, 0.1) is 6.92 Å². The second-order valence-electron chi connectivity index (χ2n) is 9.41. The number of sulfonamides is 1. The predicted octanol–water partition coefficient (Wildman–Crippen LogP) is 4.37. The molecule has 176 valence electrons. The fraction of sp³-hybridized carbons (Fsp3) is 0.240. The van der Waals surface area contributed by atoms with Crippen LogP contribution in [-0.4, -0.2) is 20.2 Å². The van der Waals surface area contributed by atoms with Gasteiger partial charge in [-0.15, -0.1) is 0 Å². The summed E-state index contributed by atoms with van der Waals surface area (Å²) in [5.74, 6) is -1.25. The normalized spacial score (nSPS) is 13.9. The minimum atomic E-state index is -4.03. The van der Waals surface area contributed by atoms with Gasteiger partial charge in [-0.25, -0.2) is 17.9 Å². The Morgan fingerprint density at radius 3 is 2.15 bits per heavy atom. The number of carbonyl (C=O) groups is 2. The van der Waals surface area contributed by atoms with Crippen molar-refractivity contribution in [3.63, 3.8) is 0 Å². The average molecular weight is 499 g/mol. The van der Waals surface area contributed by atoms with Crippen LogP contribution in [0.15, 0.2) is 59.8 Å². The fourth-order valence-electron chi connectivity index (χ4n) is 3.98. The van der Waals surface area contributed by atoms with Gasteiger partial charge in [-0.2, -0.15) is 0 Å². The Kier molecular flexibility index (Phi) is 5.78. The van der Waals surface area contributed by atoms with Crippen molar-refractivity contribution < 1.29 is 22.6 Å². The van der Waals surface area contributed by atoms with E-state index in [-0.39, 0.29) is 32.1 Å². The highest BCUT2D eigenvalue weighted by Crippen LogP contribution is 2.37. The molecule has 0 unspecified atom stereocenters. The Morgan fingerprint density at radius 1 is 0.941 bits per heavy atom. The van der Waals surface area contributed by atoms with Crippen LogP contribution in [0.3, 0.4) is 0 Å². The largest absolute Gasteiger partial charge is 0.279 e. The summed E-state index contributed by atoms with van der Waals surface area (Å²) in [6.45, 7) is 7.95. The topological polar surface area (TPSA) is 87.4 Å². The monoisotopic (exact) mass is 498 g/mol. The number of rotatable bonds is 4. The molecule has 0 fully saturated rings. The van der Waals surface area contributed by atoms with Gasteiger partial charge in [0.25, 0.3) is 21.8 Å². The maximum Gasteiger partial charge on any atom is 0.268 e. The Labute approximate surface area is 204 Å². The van der Waals surface area contributed by atoms with Crippen molar-refractivity contribution >= 4 is 44.8 Å². The lowest BCUT2D eigenvalue weighted by atomic mass is 9.87. The number of anilines is 2. The van der Waals surface area contributed by atoms with Crippen molar-refractivity contribution in [3.8, 4) is 0 Å². The molecular formula is C25H25ClN3O4S+. The minimum Gasteiger partial charge on any atom is -0.279 e. The zero-order chi connectivity index (χ0) is 25.0. The molecule has 1 aliphatic rings. The quantitative estimate of drug-likeness (QED) is 0.427. The van der Waals surface area contributed by atoms with Gasteiger partial charge in [0.1, 0.15) is 12.7 Å². The van der Waals surface area contributed by atoms with Gasteiger partial charge in [0.15, 0.2) is 12.4 Å². The highest BCUT2D eigenvalue weighted by molar-refractivity contribution is 7.92. The first-order chi connectivity index (χ1) is 15.8. The van der Waals surface area contributed by atoms with Gasteiger partial charge in [-0.3, -0.25) is 14.3 Å². The van der Waals surface area contributed by atoms with E-state index in [2.05, 4.69) is 4.72 Å². The Bertz CT molecular complexity index is 1420. The fourth-order valence-corrected chi connectivity index (χ4v) is 5.29. The SMILES string of the molecule is Cc1cc(N2C(=O)c3c(Cl)ccc(NS(=O)(=O)c4ccc(C(C)(C)C)cc4)c3C2=O)c[n+](C)c1. The number of hydrogen-bond acceptors (Lipinski definition) is 4. The van der Waals surface area contributed by atoms with Gasteiger partial charge in [-0.1, -0.05) is 44.5 Å². The lowest BCUT2D eigenvalue weighted by molar-refractivity contribution is -0.671. The van der Waals surface area contributed by atoms with Crippen LogP contribution in [0.25, 0.3) is 0 Å². The van der Waals surface area contributed by atoms with Crippen molar-refractivity contribution in [2.24, 2.45) is 7.05 Å². The first kappa shape index (κ1) is 23.9. The van der Waals surface area contributed by atoms with Crippen molar-refractivity contribution in [2.75, 3.05) is 9.62 Å². The molecule has 4 rings (SSSR count). The number of nitrogens with zero attached hydrogens (tertiary/aromatic N) is 2. The molecule has 0 spiro atoms. The molecule has 1 aromatic heterocycles. The van der Waals surface area contributed by atoms with Crippen LogP contribution < -0.4 is 14.2 Å². The van der Waals surface area contributed by atoms with Gasteiger partial charge in [0.05, 0.1) is 26.7 Å². The number of pyridine rings is 1. The molecule has 7 nitrogen and oxygen atoms in total. The van der Waals surface area contributed by atoms with Gasteiger partial charge in [-0.05, 0) is 48.2 Å². The minimum absolute atomic E-state index is 0.00261. The van der Waals surface area contributed by atoms with Crippen molar-refractivity contribution in [3.05, 3.63) is 82.1 Å². The van der Waals surface area contributed by atoms with E-state index in [1.165, 1.54) is 24.3 Å². The Balaban J connectivity index is 1.75. The van der Waals surface area contributed by atoms with E-state index in [0.717, 1.165) is 16.0 Å². The van der Waals surface area contributed by atoms with E-state index < -0.39 is 21.8 Å². The maximum absolute atomic E-state index is 13.4. The van der Waals surface area contributed by atoms with E-state index in [1.54, 1.807) is 36.0 Å². The second kappa shape index (κ2) is 8.21. The van der Waals surface area contributed by atoms with Crippen LogP contribution >= 0.6 is 11.6 Å². The molecule has 0 aliphatic carbocycles. The molecule has 0 radical (unpaired) electrons. The van der Waals surface area contributed by atoms with E-state index in [4.69, 9.17) is 11.6 Å². The summed E-state index contributed by atoms with van der Waals surface area (Å²) in [6, 6.07) is 11.1. The smallest absolute Gasteiger partial charge is 0.268 e. The molecule has 0 saturated heterocycles. The lowest BCUT2D eigenvalue weighted by Crippen LogP contribution is -2.34. The first-order valence-corrected chi connectivity index (χ1v) is 12.5. The molecule has 9 heteroatoms. The summed E-state index contributed by atoms with van der Waals surface area (Å²) in [5, 5.41) is 0.0744. The van der Waals surface area contributed by atoms with E-state index in [0.29, 0.717) is 5.69 Å². The summed E-state index contributed by atoms with van der Waals surface area (Å²) in [7, 11) is -2.24. The molecule has 2 heterocycles. The van der Waals surface area contributed by atoms with Crippen molar-refractivity contribution in [1.82, 2.24) is 0 Å². The number of imide groups is 1. The van der Waals surface area contributed by atoms with Crippen LogP contribution in [0.2, 0.25) is 5.02 Å². The highest BCUT2D eigenvalue weighted by Gasteiger charge is 2.42. The Hall–Kier alpha value is -3.23. The number of hydrogen-bond donors (Lipinski definition) is 1. The molecule has 1 N–H and O–H groups in total. The number of aromatic nitrogens is 1. The third-order valence-corrected chi connectivity index (χ3v) is 7.34. The Morgan fingerprint density at radius 2 is 1.56 bits per heavy atom. The van der Waals surface area contributed by atoms with Crippen LogP contribution in [0.4, 0.5) is 11.4 Å². The number of aryl methyl sites for hydroxylation is 2. The summed E-state index contributed by atoms with van der Waals surface area (Å²) in [6.07, 6.45) is 3.49. The van der Waals surface area contributed by atoms with Gasteiger partial charge >= 0.3 is 0 Å². The van der Waals surface area contributed by atoms with Crippen LogP contribution in [-0.2, 0) is 22.5 Å². The van der Waals surface area contributed by atoms with E-state index >= 15 is 0 Å². The van der Waals surface area contributed by atoms with E-state index in [9.17, 15) is 18.0 Å². The number of fused-ring (bicyclic) bond motifs is 1. The molecule has 0 bridgehead atoms. The summed E-state index contributed by atoms with van der Waals surface area (Å²) >= 11 is 6.28. The summed E-state index contributed by atoms with van der Waals surface area (Å²) < 4.78 is 30.4. The molecule has 0 atom stereocenters. The highest BCUT2D eigenvalue weighted by atomic mass is 35.5. The lowest BCUT2D eigenvalue weighted by Gasteiger charge is -2.19. The second-order valence-corrected chi connectivity index (χ2v) is 11.5. The molecule has 0 saturated carbocycles. The number of nitrogens with one attached hydrogen (secondary N) is 1. The summed E-state index contributed by atoms with van der Waals surface area (Å²) in [4.78, 5) is 27.6. The summed E-state index contributed by atoms with van der Waals surface area (Å²) in [5.41, 5.74) is 1.98. The van der Waals surface area contributed by atoms with Crippen LogP contribution in [0.5, 0.6) is 0 Å². The van der Waals surface area contributed by atoms with Crippen molar-refractivity contribution in [1.29, 1.82) is 0 Å². The zero-order valence-corrected chi connectivity index (χ0v) is 21.1. The third-order valence-electron chi connectivity index (χ3n) is 5.64. The average Bonchev–Trinajstić information content (AvgIpc) is 3.00. The van der Waals surface area contributed by atoms with Gasteiger partial charge < -0.3 is 0 Å². The number of benzene rings is 2. The van der Waals surface area contributed by atoms with Gasteiger partial charge in [0.2, 0.25) is 0 Å². The standard InChI is InChI=1S/C25H24ClN3O4S/c1-15-12-17(14-28(5)13-15)29-23(30)21-19(26)10-11-20(22(21)24(29)31)27-34(32,33)18-8-6-16(7-9-18)25(2,3)4/h6-14H,1-5H3/p+1. The van der Waals surface area contributed by atoms with Crippen LogP contribution in [0.1, 0.15) is 52.6 Å². The molecule has 1 aliphatic heterocycles. The number of halogens is 1. The third kappa shape index (κ3) is 4.19. The van der Waals surface area contributed by atoms with Crippen molar-refractivity contribution in [2.45, 2.75) is 38.0 Å². The molecule has 2 amide bonds. The first-order valence-electron chi connectivity index (χ1n) is 10.6.